The predicted molar refractivity (Wildman–Crippen MR) is 155 cm³/mol. The van der Waals surface area contributed by atoms with Crippen molar-refractivity contribution in [3.63, 3.8) is 0 Å². The number of hydrogen-bond donors (Lipinski definition) is 1. The maximum absolute atomic E-state index is 17.2. The number of nitrogens with zero attached hydrogens (tertiary/aromatic N) is 2. The molecule has 226 valence electrons. The van der Waals surface area contributed by atoms with Gasteiger partial charge in [-0.05, 0) is 44.2 Å². The topological polar surface area (TPSA) is 72.8 Å². The van der Waals surface area contributed by atoms with Gasteiger partial charge in [0.05, 0.1) is 28.4 Å². The first-order valence-corrected chi connectivity index (χ1v) is 13.5. The van der Waals surface area contributed by atoms with E-state index in [2.05, 4.69) is 0 Å². The molecule has 0 bridgehead atoms. The average Bonchev–Trinajstić information content (AvgIpc) is 3.28. The summed E-state index contributed by atoms with van der Waals surface area (Å²) in [5.74, 6) is 1.75. The summed E-state index contributed by atoms with van der Waals surface area (Å²) in [6.07, 6.45) is -4.48. The van der Waals surface area contributed by atoms with Gasteiger partial charge >= 0.3 is 0 Å². The molecule has 0 aromatic heterocycles. The number of rotatable bonds is 11. The van der Waals surface area contributed by atoms with Crippen LogP contribution in [0.5, 0.6) is 23.0 Å². The van der Waals surface area contributed by atoms with Crippen LogP contribution in [-0.4, -0.2) is 62.2 Å². The summed E-state index contributed by atoms with van der Waals surface area (Å²) >= 11 is 0. The maximum Gasteiger partial charge on any atom is 0.175 e. The molecule has 0 unspecified atom stereocenters. The Morgan fingerprint density at radius 2 is 1.40 bits per heavy atom. The van der Waals surface area contributed by atoms with E-state index in [-0.39, 0.29) is 24.5 Å². The van der Waals surface area contributed by atoms with Gasteiger partial charge in [-0.15, -0.1) is 0 Å². The van der Waals surface area contributed by atoms with E-state index in [0.717, 1.165) is 18.1 Å². The normalized spacial score (nSPS) is 21.3. The highest BCUT2D eigenvalue weighted by Crippen LogP contribution is 2.51. The van der Waals surface area contributed by atoms with Gasteiger partial charge in [-0.3, -0.25) is 4.99 Å². The van der Waals surface area contributed by atoms with Gasteiger partial charge in [-0.1, -0.05) is 18.2 Å². The maximum atomic E-state index is 17.2. The molecule has 4 rings (SSSR count). The van der Waals surface area contributed by atoms with Crippen LogP contribution in [0.1, 0.15) is 37.0 Å². The Balaban J connectivity index is 1.87. The Bertz CT molecular complexity index is 1380. The largest absolute Gasteiger partial charge is 0.497 e. The van der Waals surface area contributed by atoms with Crippen LogP contribution in [-0.2, 0) is 18.6 Å². The van der Waals surface area contributed by atoms with Gasteiger partial charge in [0.25, 0.3) is 0 Å². The van der Waals surface area contributed by atoms with Crippen molar-refractivity contribution in [1.29, 1.82) is 0 Å². The number of ether oxygens (including phenoxy) is 4. The molecule has 3 aromatic carbocycles. The third-order valence-electron chi connectivity index (χ3n) is 7.96. The first-order valence-electron chi connectivity index (χ1n) is 13.5. The quantitative estimate of drug-likeness (QED) is 0.297. The highest BCUT2D eigenvalue weighted by molar-refractivity contribution is 5.87. The first kappa shape index (κ1) is 31.0. The molecule has 1 N–H and O–H groups in total. The number of methoxy groups -OCH3 is 4. The summed E-state index contributed by atoms with van der Waals surface area (Å²) in [6.45, 7) is 2.84. The fourth-order valence-electron chi connectivity index (χ4n) is 5.49. The monoisotopic (exact) mass is 586 g/mol. The molecule has 7 nitrogen and oxygen atoms in total. The van der Waals surface area contributed by atoms with Crippen LogP contribution >= 0.6 is 0 Å². The Morgan fingerprint density at radius 1 is 0.881 bits per heavy atom. The fraction of sp³-hybridized carbons (Fsp3) is 0.406. The van der Waals surface area contributed by atoms with Crippen LogP contribution in [0.25, 0.3) is 0 Å². The molecule has 0 fully saturated rings. The second-order valence-electron chi connectivity index (χ2n) is 10.5. The number of benzene rings is 3. The first-order chi connectivity index (χ1) is 20.0. The lowest BCUT2D eigenvalue weighted by Crippen LogP contribution is -2.54. The molecule has 1 heterocycles. The molecular formula is C32H37F3N2O5. The molecule has 0 spiro atoms. The fourth-order valence-corrected chi connectivity index (χ4v) is 5.49. The molecule has 10 heteroatoms. The number of hydrogen-bond acceptors (Lipinski definition) is 7. The van der Waals surface area contributed by atoms with E-state index in [1.807, 2.05) is 12.1 Å². The predicted octanol–water partition coefficient (Wildman–Crippen LogP) is 6.01. The van der Waals surface area contributed by atoms with Crippen molar-refractivity contribution in [3.05, 3.63) is 83.2 Å². The zero-order valence-corrected chi connectivity index (χ0v) is 24.7. The van der Waals surface area contributed by atoms with E-state index in [4.69, 9.17) is 23.9 Å². The molecule has 1 aliphatic rings. The van der Waals surface area contributed by atoms with Gasteiger partial charge in [0.1, 0.15) is 52.5 Å². The zero-order valence-electron chi connectivity index (χ0n) is 24.7. The van der Waals surface area contributed by atoms with Crippen molar-refractivity contribution in [2.75, 3.05) is 28.4 Å². The standard InChI is InChI=1S/C32H37F3N2O5/c1-20(33)30(38)32(35)17-29(36-31(32,2)25-9-7-8-10-26(25)34)37(18-21-11-13-23(39-3)15-27(21)41-5)19-22-12-14-24(40-4)16-28(22)42-6/h7-16,20,30,38H,17-19H2,1-6H3/t20-,30+,31+,32+/m0/s1. The lowest BCUT2D eigenvalue weighted by Gasteiger charge is -2.39. The van der Waals surface area contributed by atoms with Crippen LogP contribution < -0.4 is 18.9 Å². The van der Waals surface area contributed by atoms with Crippen LogP contribution in [0, 0.1) is 5.82 Å². The smallest absolute Gasteiger partial charge is 0.175 e. The molecule has 0 aliphatic carbocycles. The highest BCUT2D eigenvalue weighted by Gasteiger charge is 2.62. The van der Waals surface area contributed by atoms with Crippen LogP contribution in [0.15, 0.2) is 65.7 Å². The number of amidine groups is 1. The Labute approximate surface area is 244 Å². The number of aliphatic imine (C=N–C) groups is 1. The van der Waals surface area contributed by atoms with Gasteiger partial charge in [0.2, 0.25) is 0 Å². The molecule has 4 atom stereocenters. The molecule has 0 saturated heterocycles. The minimum absolute atomic E-state index is 0.0776. The van der Waals surface area contributed by atoms with Crippen molar-refractivity contribution in [2.24, 2.45) is 4.99 Å². The summed E-state index contributed by atoms with van der Waals surface area (Å²) < 4.78 is 68.8. The summed E-state index contributed by atoms with van der Waals surface area (Å²) in [5, 5.41) is 10.9. The van der Waals surface area contributed by atoms with E-state index in [9.17, 15) is 9.50 Å². The van der Waals surface area contributed by atoms with E-state index >= 15 is 8.78 Å². The summed E-state index contributed by atoms with van der Waals surface area (Å²) in [5.41, 5.74) is -3.20. The Morgan fingerprint density at radius 3 is 1.86 bits per heavy atom. The minimum Gasteiger partial charge on any atom is -0.497 e. The summed E-state index contributed by atoms with van der Waals surface area (Å²) in [4.78, 5) is 6.55. The zero-order chi connectivity index (χ0) is 30.7. The molecule has 1 aliphatic heterocycles. The van der Waals surface area contributed by atoms with Crippen molar-refractivity contribution < 1.29 is 37.2 Å². The van der Waals surface area contributed by atoms with Gasteiger partial charge in [0.15, 0.2) is 5.67 Å². The lowest BCUT2D eigenvalue weighted by atomic mass is 9.73. The number of alkyl halides is 2. The SMILES string of the molecule is COc1ccc(CN(Cc2ccc(OC)cc2OC)C2=N[C@](C)(c3ccccc3F)[C@](F)([C@H](O)[C@H](C)F)C2)c(OC)c1. The minimum atomic E-state index is -2.66. The van der Waals surface area contributed by atoms with Crippen LogP contribution in [0.4, 0.5) is 13.2 Å². The molecular weight excluding hydrogens is 549 g/mol. The van der Waals surface area contributed by atoms with Crippen molar-refractivity contribution in [2.45, 2.75) is 56.8 Å². The highest BCUT2D eigenvalue weighted by atomic mass is 19.2. The lowest BCUT2D eigenvalue weighted by molar-refractivity contribution is -0.0807. The molecule has 0 amide bonds. The van der Waals surface area contributed by atoms with Crippen molar-refractivity contribution in [3.8, 4) is 23.0 Å². The van der Waals surface area contributed by atoms with E-state index in [1.54, 1.807) is 49.5 Å². The molecule has 42 heavy (non-hydrogen) atoms. The third kappa shape index (κ3) is 5.72. The van der Waals surface area contributed by atoms with Gasteiger partial charge in [0, 0.05) is 48.3 Å². The Hall–Kier alpha value is -3.92. The average molecular weight is 587 g/mol. The van der Waals surface area contributed by atoms with Crippen LogP contribution in [0.3, 0.4) is 0 Å². The third-order valence-corrected chi connectivity index (χ3v) is 7.96. The van der Waals surface area contributed by atoms with Crippen molar-refractivity contribution >= 4 is 5.84 Å². The van der Waals surface area contributed by atoms with Gasteiger partial charge in [-0.25, -0.2) is 13.2 Å². The van der Waals surface area contributed by atoms with Gasteiger partial charge in [-0.2, -0.15) is 0 Å². The second-order valence-corrected chi connectivity index (χ2v) is 10.5. The van der Waals surface area contributed by atoms with Gasteiger partial charge < -0.3 is 29.0 Å². The second kappa shape index (κ2) is 12.5. The number of halogens is 3. The molecule has 3 aromatic rings. The van der Waals surface area contributed by atoms with Crippen molar-refractivity contribution in [1.82, 2.24) is 4.90 Å². The van der Waals surface area contributed by atoms with E-state index in [1.165, 1.54) is 39.3 Å². The van der Waals surface area contributed by atoms with E-state index < -0.39 is 35.7 Å². The Kier molecular flexibility index (Phi) is 9.25. The van der Waals surface area contributed by atoms with Crippen LogP contribution in [0.2, 0.25) is 0 Å². The van der Waals surface area contributed by atoms with E-state index in [0.29, 0.717) is 23.0 Å². The molecule has 0 saturated carbocycles. The summed E-state index contributed by atoms with van der Waals surface area (Å²) in [6, 6.07) is 16.3. The number of aliphatic hydroxyl groups excluding tert-OH is 1. The molecule has 0 radical (unpaired) electrons. The number of aliphatic hydroxyl groups is 1. The summed E-state index contributed by atoms with van der Waals surface area (Å²) in [7, 11) is 6.16.